The number of ketones is 1. The number of Topliss-reactive ketones (excluding diaryl/α,β-unsaturated/α-hetero) is 1. The van der Waals surface area contributed by atoms with E-state index in [9.17, 15) is 14.4 Å². The number of carbonyl (C=O) groups is 3. The third-order valence-corrected chi connectivity index (χ3v) is 6.28. The largest absolute Gasteiger partial charge is 0.457 e. The lowest BCUT2D eigenvalue weighted by molar-refractivity contribution is -0.147. The Kier molecular flexibility index (Phi) is 5.50. The van der Waals surface area contributed by atoms with Crippen molar-refractivity contribution in [2.24, 2.45) is 5.92 Å². The van der Waals surface area contributed by atoms with E-state index in [2.05, 4.69) is 4.57 Å². The molecule has 0 unspecified atom stereocenters. The van der Waals surface area contributed by atoms with Crippen LogP contribution in [0.4, 0.5) is 0 Å². The molecule has 0 bridgehead atoms. The van der Waals surface area contributed by atoms with Crippen LogP contribution in [0.1, 0.15) is 65.6 Å². The summed E-state index contributed by atoms with van der Waals surface area (Å²) in [6, 6.07) is 12.0. The van der Waals surface area contributed by atoms with Crippen LogP contribution >= 0.6 is 0 Å². The molecule has 1 aliphatic carbocycles. The fraction of sp³-hybridized carbons (Fsp3) is 0.458. The van der Waals surface area contributed by atoms with Crippen molar-refractivity contribution in [3.8, 4) is 0 Å². The van der Waals surface area contributed by atoms with Crippen LogP contribution in [0, 0.1) is 19.8 Å². The number of aromatic nitrogens is 1. The van der Waals surface area contributed by atoms with Gasteiger partial charge in [-0.1, -0.05) is 30.3 Å². The SMILES string of the molecule is Cc1cc(C(=O)COC(=O)[C@@H]2CC(=O)N([C@@H](C)c3ccccc3)C2)c(C)n1C1CC1. The third-order valence-electron chi connectivity index (χ3n) is 6.28. The van der Waals surface area contributed by atoms with Gasteiger partial charge in [0, 0.05) is 36.0 Å². The minimum atomic E-state index is -0.532. The van der Waals surface area contributed by atoms with E-state index in [0.29, 0.717) is 18.2 Å². The quantitative estimate of drug-likeness (QED) is 0.517. The highest BCUT2D eigenvalue weighted by atomic mass is 16.5. The number of hydrogen-bond acceptors (Lipinski definition) is 4. The molecule has 0 radical (unpaired) electrons. The zero-order chi connectivity index (χ0) is 21.4. The summed E-state index contributed by atoms with van der Waals surface area (Å²) in [6.45, 7) is 5.94. The molecule has 1 aromatic heterocycles. The smallest absolute Gasteiger partial charge is 0.311 e. The van der Waals surface area contributed by atoms with E-state index in [4.69, 9.17) is 4.74 Å². The molecule has 6 nitrogen and oxygen atoms in total. The second kappa shape index (κ2) is 8.09. The molecule has 6 heteroatoms. The van der Waals surface area contributed by atoms with Crippen molar-refractivity contribution >= 4 is 17.7 Å². The van der Waals surface area contributed by atoms with Gasteiger partial charge in [-0.2, -0.15) is 0 Å². The summed E-state index contributed by atoms with van der Waals surface area (Å²) in [6.07, 6.45) is 2.42. The number of benzene rings is 1. The molecule has 1 aromatic carbocycles. The lowest BCUT2D eigenvalue weighted by Gasteiger charge is -2.25. The Morgan fingerprint density at radius 3 is 2.53 bits per heavy atom. The minimum Gasteiger partial charge on any atom is -0.457 e. The number of likely N-dealkylation sites (tertiary alicyclic amines) is 1. The van der Waals surface area contributed by atoms with Crippen LogP contribution in [0.15, 0.2) is 36.4 Å². The lowest BCUT2D eigenvalue weighted by atomic mass is 10.1. The van der Waals surface area contributed by atoms with Crippen LogP contribution in [0.3, 0.4) is 0 Å². The number of rotatable bonds is 7. The molecular weight excluding hydrogens is 380 g/mol. The maximum Gasteiger partial charge on any atom is 0.311 e. The van der Waals surface area contributed by atoms with E-state index in [1.54, 1.807) is 4.90 Å². The summed E-state index contributed by atoms with van der Waals surface area (Å²) < 4.78 is 7.53. The van der Waals surface area contributed by atoms with E-state index in [1.807, 2.05) is 57.2 Å². The van der Waals surface area contributed by atoms with Gasteiger partial charge in [-0.25, -0.2) is 0 Å². The molecule has 2 fully saturated rings. The molecular formula is C24H28N2O4. The van der Waals surface area contributed by atoms with Crippen molar-refractivity contribution in [1.29, 1.82) is 0 Å². The van der Waals surface area contributed by atoms with E-state index < -0.39 is 11.9 Å². The maximum atomic E-state index is 12.6. The Morgan fingerprint density at radius 2 is 1.87 bits per heavy atom. The summed E-state index contributed by atoms with van der Waals surface area (Å²) in [5.74, 6) is -1.26. The van der Waals surface area contributed by atoms with Crippen LogP contribution in [0.25, 0.3) is 0 Å². The van der Waals surface area contributed by atoms with Crippen molar-refractivity contribution in [2.45, 2.75) is 52.1 Å². The predicted molar refractivity (Wildman–Crippen MR) is 112 cm³/mol. The van der Waals surface area contributed by atoms with Gasteiger partial charge in [0.2, 0.25) is 11.7 Å². The minimum absolute atomic E-state index is 0.0624. The first-order valence-corrected chi connectivity index (χ1v) is 10.6. The zero-order valence-corrected chi connectivity index (χ0v) is 17.8. The number of esters is 1. The molecule has 4 rings (SSSR count). The third kappa shape index (κ3) is 3.91. The Balaban J connectivity index is 1.35. The zero-order valence-electron chi connectivity index (χ0n) is 17.8. The van der Waals surface area contributed by atoms with Gasteiger partial charge in [-0.3, -0.25) is 14.4 Å². The molecule has 2 aromatic rings. The summed E-state index contributed by atoms with van der Waals surface area (Å²) in [4.78, 5) is 39.4. The van der Waals surface area contributed by atoms with Crippen LogP contribution < -0.4 is 0 Å². The number of carbonyl (C=O) groups excluding carboxylic acids is 3. The summed E-state index contributed by atoms with van der Waals surface area (Å²) in [5.41, 5.74) is 3.65. The number of ether oxygens (including phenoxy) is 1. The molecule has 1 aliphatic heterocycles. The average Bonchev–Trinajstić information content (AvgIpc) is 3.43. The Labute approximate surface area is 176 Å². The number of aryl methyl sites for hydroxylation is 1. The second-order valence-electron chi connectivity index (χ2n) is 8.45. The first kappa shape index (κ1) is 20.4. The topological polar surface area (TPSA) is 68.6 Å². The monoisotopic (exact) mass is 408 g/mol. The van der Waals surface area contributed by atoms with E-state index in [-0.39, 0.29) is 30.8 Å². The summed E-state index contributed by atoms with van der Waals surface area (Å²) >= 11 is 0. The predicted octanol–water partition coefficient (Wildman–Crippen LogP) is 3.78. The molecule has 0 N–H and O–H groups in total. The van der Waals surface area contributed by atoms with Gasteiger partial charge < -0.3 is 14.2 Å². The van der Waals surface area contributed by atoms with Crippen LogP contribution in [0.5, 0.6) is 0 Å². The van der Waals surface area contributed by atoms with E-state index in [1.165, 1.54) is 0 Å². The highest BCUT2D eigenvalue weighted by Crippen LogP contribution is 2.38. The molecule has 1 amide bonds. The van der Waals surface area contributed by atoms with Crippen molar-refractivity contribution in [3.05, 3.63) is 58.9 Å². The average molecular weight is 408 g/mol. The maximum absolute atomic E-state index is 12.6. The summed E-state index contributed by atoms with van der Waals surface area (Å²) in [7, 11) is 0. The number of amides is 1. The molecule has 2 heterocycles. The highest BCUT2D eigenvalue weighted by Gasteiger charge is 2.38. The molecule has 1 saturated carbocycles. The Bertz CT molecular complexity index is 975. The normalized spacial score (nSPS) is 19.8. The van der Waals surface area contributed by atoms with Gasteiger partial charge in [0.05, 0.1) is 12.0 Å². The molecule has 30 heavy (non-hydrogen) atoms. The van der Waals surface area contributed by atoms with Gasteiger partial charge in [-0.05, 0) is 45.2 Å². The molecule has 158 valence electrons. The van der Waals surface area contributed by atoms with Gasteiger partial charge in [0.1, 0.15) is 0 Å². The standard InChI is InChI=1S/C24H28N2O4/c1-15-11-21(17(3)26(15)20-9-10-20)22(27)14-30-24(29)19-12-23(28)25(13-19)16(2)18-7-5-4-6-8-18/h4-8,11,16,19-20H,9-10,12-14H2,1-3H3/t16-,19+/m0/s1. The molecule has 2 aliphatic rings. The van der Waals surface area contributed by atoms with Gasteiger partial charge in [-0.15, -0.1) is 0 Å². The molecule has 1 saturated heterocycles. The van der Waals surface area contributed by atoms with Crippen LogP contribution in [0.2, 0.25) is 0 Å². The first-order valence-electron chi connectivity index (χ1n) is 10.6. The van der Waals surface area contributed by atoms with Gasteiger partial charge in [0.15, 0.2) is 6.61 Å². The van der Waals surface area contributed by atoms with E-state index >= 15 is 0 Å². The Morgan fingerprint density at radius 1 is 1.17 bits per heavy atom. The van der Waals surface area contributed by atoms with Gasteiger partial charge in [0.25, 0.3) is 0 Å². The van der Waals surface area contributed by atoms with Crippen LogP contribution in [-0.4, -0.2) is 40.3 Å². The first-order chi connectivity index (χ1) is 14.4. The van der Waals surface area contributed by atoms with Crippen molar-refractivity contribution < 1.29 is 19.1 Å². The van der Waals surface area contributed by atoms with Gasteiger partial charge >= 0.3 is 5.97 Å². The van der Waals surface area contributed by atoms with Crippen molar-refractivity contribution in [1.82, 2.24) is 9.47 Å². The molecule has 0 spiro atoms. The molecule has 2 atom stereocenters. The van der Waals surface area contributed by atoms with Crippen molar-refractivity contribution in [3.63, 3.8) is 0 Å². The summed E-state index contributed by atoms with van der Waals surface area (Å²) in [5, 5.41) is 0. The van der Waals surface area contributed by atoms with E-state index in [0.717, 1.165) is 29.8 Å². The van der Waals surface area contributed by atoms with Crippen molar-refractivity contribution in [2.75, 3.05) is 13.2 Å². The lowest BCUT2D eigenvalue weighted by Crippen LogP contribution is -2.30. The number of hydrogen-bond donors (Lipinski definition) is 0. The number of nitrogens with zero attached hydrogens (tertiary/aromatic N) is 2. The fourth-order valence-electron chi connectivity index (χ4n) is 4.46. The Hall–Kier alpha value is -2.89. The highest BCUT2D eigenvalue weighted by molar-refractivity contribution is 5.99. The van der Waals surface area contributed by atoms with Crippen LogP contribution in [-0.2, 0) is 14.3 Å². The second-order valence-corrected chi connectivity index (χ2v) is 8.45. The fourth-order valence-corrected chi connectivity index (χ4v) is 4.46.